The summed E-state index contributed by atoms with van der Waals surface area (Å²) in [6, 6.07) is 5.09. The summed E-state index contributed by atoms with van der Waals surface area (Å²) in [5.74, 6) is -0.169. The first-order valence-corrected chi connectivity index (χ1v) is 7.97. The topological polar surface area (TPSA) is 84.7 Å². The van der Waals surface area contributed by atoms with Gasteiger partial charge in [0.15, 0.2) is 0 Å². The van der Waals surface area contributed by atoms with Gasteiger partial charge in [-0.1, -0.05) is 18.5 Å². The van der Waals surface area contributed by atoms with E-state index in [9.17, 15) is 4.79 Å². The van der Waals surface area contributed by atoms with E-state index < -0.39 is 0 Å². The quantitative estimate of drug-likeness (QED) is 0.857. The summed E-state index contributed by atoms with van der Waals surface area (Å²) in [7, 11) is 0. The summed E-state index contributed by atoms with van der Waals surface area (Å²) in [5, 5.41) is 17.9. The normalized spacial score (nSPS) is 16.2. The standard InChI is InChI=1S/C15H19ClN6O.ClH/c1-15(4-6-17-7-5-15)9-18-14(23)12-8-11(16)2-3-13(12)22-10-19-20-21-22;/h2-3,8,10,17H,4-7,9H2,1H3,(H,18,23);1H. The van der Waals surface area contributed by atoms with Crippen LogP contribution in [0.2, 0.25) is 5.02 Å². The fourth-order valence-electron chi connectivity index (χ4n) is 2.76. The Hall–Kier alpha value is -1.70. The summed E-state index contributed by atoms with van der Waals surface area (Å²) in [4.78, 5) is 12.6. The summed E-state index contributed by atoms with van der Waals surface area (Å²) < 4.78 is 1.46. The van der Waals surface area contributed by atoms with E-state index in [1.54, 1.807) is 18.2 Å². The zero-order chi connectivity index (χ0) is 16.3. The number of amides is 1. The highest BCUT2D eigenvalue weighted by Crippen LogP contribution is 2.27. The second-order valence-corrected chi connectivity index (χ2v) is 6.60. The summed E-state index contributed by atoms with van der Waals surface area (Å²) >= 11 is 6.05. The van der Waals surface area contributed by atoms with Crippen LogP contribution >= 0.6 is 24.0 Å². The predicted molar refractivity (Wildman–Crippen MR) is 94.0 cm³/mol. The minimum absolute atomic E-state index is 0. The Morgan fingerprint density at radius 3 is 2.83 bits per heavy atom. The Bertz CT molecular complexity index is 685. The summed E-state index contributed by atoms with van der Waals surface area (Å²) in [5.41, 5.74) is 1.18. The van der Waals surface area contributed by atoms with Gasteiger partial charge in [0.25, 0.3) is 5.91 Å². The van der Waals surface area contributed by atoms with E-state index in [0.29, 0.717) is 22.8 Å². The van der Waals surface area contributed by atoms with E-state index in [-0.39, 0.29) is 23.7 Å². The van der Waals surface area contributed by atoms with E-state index in [1.165, 1.54) is 11.0 Å². The van der Waals surface area contributed by atoms with Gasteiger partial charge in [-0.15, -0.1) is 17.5 Å². The molecule has 130 valence electrons. The molecule has 3 rings (SSSR count). The molecule has 1 aromatic carbocycles. The molecule has 1 aliphatic rings. The first-order valence-electron chi connectivity index (χ1n) is 7.59. The van der Waals surface area contributed by atoms with Crippen LogP contribution in [-0.2, 0) is 0 Å². The minimum atomic E-state index is -0.169. The number of rotatable bonds is 4. The van der Waals surface area contributed by atoms with Gasteiger partial charge in [-0.25, -0.2) is 0 Å². The molecular weight excluding hydrogens is 351 g/mol. The van der Waals surface area contributed by atoms with Crippen molar-refractivity contribution in [2.75, 3.05) is 19.6 Å². The van der Waals surface area contributed by atoms with Crippen LogP contribution in [0.1, 0.15) is 30.1 Å². The van der Waals surface area contributed by atoms with Crippen LogP contribution < -0.4 is 10.6 Å². The van der Waals surface area contributed by atoms with E-state index in [2.05, 4.69) is 33.1 Å². The molecule has 0 unspecified atom stereocenters. The fraction of sp³-hybridized carbons (Fsp3) is 0.467. The molecule has 0 radical (unpaired) electrons. The van der Waals surface area contributed by atoms with Crippen molar-refractivity contribution in [3.63, 3.8) is 0 Å². The SMILES string of the molecule is CC1(CNC(=O)c2cc(Cl)ccc2-n2cnnn2)CCNCC1.Cl. The number of hydrogen-bond acceptors (Lipinski definition) is 5. The second-order valence-electron chi connectivity index (χ2n) is 6.16. The van der Waals surface area contributed by atoms with Crippen molar-refractivity contribution < 1.29 is 4.79 Å². The number of piperidine rings is 1. The van der Waals surface area contributed by atoms with E-state index in [0.717, 1.165) is 25.9 Å². The van der Waals surface area contributed by atoms with Crippen LogP contribution in [0.5, 0.6) is 0 Å². The van der Waals surface area contributed by atoms with Gasteiger partial charge in [0.1, 0.15) is 6.33 Å². The molecule has 2 aromatic rings. The molecule has 0 spiro atoms. The van der Waals surface area contributed by atoms with Crippen molar-refractivity contribution in [1.29, 1.82) is 0 Å². The van der Waals surface area contributed by atoms with Gasteiger partial charge >= 0.3 is 0 Å². The molecule has 1 amide bonds. The molecule has 24 heavy (non-hydrogen) atoms. The number of benzene rings is 1. The van der Waals surface area contributed by atoms with Gasteiger partial charge in [0.05, 0.1) is 11.3 Å². The minimum Gasteiger partial charge on any atom is -0.351 e. The molecule has 0 atom stereocenters. The number of halogens is 2. The number of nitrogens with zero attached hydrogens (tertiary/aromatic N) is 4. The van der Waals surface area contributed by atoms with Crippen molar-refractivity contribution in [2.45, 2.75) is 19.8 Å². The number of nitrogens with one attached hydrogen (secondary N) is 2. The molecule has 0 saturated carbocycles. The third kappa shape index (κ3) is 4.23. The number of hydrogen-bond donors (Lipinski definition) is 2. The molecule has 0 aliphatic carbocycles. The average Bonchev–Trinajstić information content (AvgIpc) is 3.07. The van der Waals surface area contributed by atoms with Crippen LogP contribution in [0.4, 0.5) is 0 Å². The van der Waals surface area contributed by atoms with Gasteiger partial charge in [0.2, 0.25) is 0 Å². The van der Waals surface area contributed by atoms with Crippen LogP contribution in [0, 0.1) is 5.41 Å². The third-order valence-electron chi connectivity index (χ3n) is 4.29. The zero-order valence-electron chi connectivity index (χ0n) is 13.3. The highest BCUT2D eigenvalue weighted by Gasteiger charge is 2.27. The Balaban J connectivity index is 0.00000208. The predicted octanol–water partition coefficient (Wildman–Crippen LogP) is 1.86. The van der Waals surface area contributed by atoms with Crippen LogP contribution in [0.15, 0.2) is 24.5 Å². The van der Waals surface area contributed by atoms with Gasteiger partial charge in [-0.3, -0.25) is 4.79 Å². The molecule has 0 bridgehead atoms. The van der Waals surface area contributed by atoms with Crippen LogP contribution in [-0.4, -0.2) is 45.7 Å². The van der Waals surface area contributed by atoms with Gasteiger partial charge in [-0.05, 0) is 60.0 Å². The number of tetrazole rings is 1. The molecule has 1 fully saturated rings. The summed E-state index contributed by atoms with van der Waals surface area (Å²) in [6.45, 7) is 4.81. The van der Waals surface area contributed by atoms with Crippen molar-refractivity contribution >= 4 is 29.9 Å². The monoisotopic (exact) mass is 370 g/mol. The Morgan fingerprint density at radius 1 is 1.42 bits per heavy atom. The van der Waals surface area contributed by atoms with Crippen LogP contribution in [0.3, 0.4) is 0 Å². The first-order chi connectivity index (χ1) is 11.1. The summed E-state index contributed by atoms with van der Waals surface area (Å²) in [6.07, 6.45) is 3.54. The Kier molecular flexibility index (Phi) is 6.15. The van der Waals surface area contributed by atoms with Crippen molar-refractivity contribution in [3.8, 4) is 5.69 Å². The maximum Gasteiger partial charge on any atom is 0.253 e. The largest absolute Gasteiger partial charge is 0.351 e. The Morgan fingerprint density at radius 2 is 2.17 bits per heavy atom. The molecule has 1 aromatic heterocycles. The van der Waals surface area contributed by atoms with Crippen molar-refractivity contribution in [1.82, 2.24) is 30.8 Å². The zero-order valence-corrected chi connectivity index (χ0v) is 14.9. The smallest absolute Gasteiger partial charge is 0.253 e. The van der Waals surface area contributed by atoms with E-state index in [1.807, 2.05) is 0 Å². The lowest BCUT2D eigenvalue weighted by Gasteiger charge is -2.34. The lowest BCUT2D eigenvalue weighted by Crippen LogP contribution is -2.43. The highest BCUT2D eigenvalue weighted by atomic mass is 35.5. The van der Waals surface area contributed by atoms with Gasteiger partial charge in [-0.2, -0.15) is 4.68 Å². The third-order valence-corrected chi connectivity index (χ3v) is 4.52. The van der Waals surface area contributed by atoms with Gasteiger partial charge < -0.3 is 10.6 Å². The maximum absolute atomic E-state index is 12.6. The highest BCUT2D eigenvalue weighted by molar-refractivity contribution is 6.31. The fourth-order valence-corrected chi connectivity index (χ4v) is 2.93. The molecule has 2 heterocycles. The van der Waals surface area contributed by atoms with Crippen molar-refractivity contribution in [3.05, 3.63) is 35.1 Å². The Labute approximate surface area is 151 Å². The lowest BCUT2D eigenvalue weighted by molar-refractivity contribution is 0.0922. The molecule has 2 N–H and O–H groups in total. The molecule has 7 nitrogen and oxygen atoms in total. The van der Waals surface area contributed by atoms with E-state index in [4.69, 9.17) is 11.6 Å². The van der Waals surface area contributed by atoms with E-state index >= 15 is 0 Å². The molecular formula is C15H20Cl2N6O. The average molecular weight is 371 g/mol. The van der Waals surface area contributed by atoms with Crippen LogP contribution in [0.25, 0.3) is 5.69 Å². The first kappa shape index (κ1) is 18.6. The van der Waals surface area contributed by atoms with Gasteiger partial charge in [0, 0.05) is 11.6 Å². The molecule has 1 saturated heterocycles. The lowest BCUT2D eigenvalue weighted by atomic mass is 9.81. The maximum atomic E-state index is 12.6. The number of carbonyl (C=O) groups excluding carboxylic acids is 1. The molecule has 9 heteroatoms. The second kappa shape index (κ2) is 7.92. The number of aromatic nitrogens is 4. The number of carbonyl (C=O) groups is 1. The van der Waals surface area contributed by atoms with Crippen molar-refractivity contribution in [2.24, 2.45) is 5.41 Å². The molecule has 1 aliphatic heterocycles.